The van der Waals surface area contributed by atoms with Crippen LogP contribution in [-0.4, -0.2) is 37.0 Å². The third kappa shape index (κ3) is 4.54. The molecule has 1 aliphatic heterocycles. The second-order valence-corrected chi connectivity index (χ2v) is 7.07. The average Bonchev–Trinajstić information content (AvgIpc) is 3.07. The van der Waals surface area contributed by atoms with Gasteiger partial charge in [-0.1, -0.05) is 29.8 Å². The van der Waals surface area contributed by atoms with Crippen LogP contribution in [0.4, 0.5) is 0 Å². The number of hydrogen-bond donors (Lipinski definition) is 2. The largest absolute Gasteiger partial charge is 0.350 e. The maximum Gasteiger partial charge on any atom is 0.234 e. The monoisotopic (exact) mass is 349 g/mol. The highest BCUT2D eigenvalue weighted by Gasteiger charge is 2.25. The van der Waals surface area contributed by atoms with Crippen molar-refractivity contribution < 1.29 is 4.79 Å². The molecule has 1 atom stereocenters. The van der Waals surface area contributed by atoms with Crippen molar-refractivity contribution in [3.63, 3.8) is 0 Å². The summed E-state index contributed by atoms with van der Waals surface area (Å²) in [6.45, 7) is 3.59. The molecule has 2 N–H and O–H groups in total. The zero-order chi connectivity index (χ0) is 16.1. The molecule has 1 aromatic heterocycles. The first-order valence-corrected chi connectivity index (χ1v) is 8.97. The van der Waals surface area contributed by atoms with Gasteiger partial charge in [-0.05, 0) is 29.1 Å². The van der Waals surface area contributed by atoms with Gasteiger partial charge in [0.05, 0.1) is 13.1 Å². The lowest BCUT2D eigenvalue weighted by Crippen LogP contribution is -2.49. The molecule has 2 aromatic rings. The first kappa shape index (κ1) is 16.5. The predicted molar refractivity (Wildman–Crippen MR) is 94.8 cm³/mol. The maximum atomic E-state index is 12.3. The van der Waals surface area contributed by atoms with Crippen LogP contribution in [0.25, 0.3) is 0 Å². The Morgan fingerprint density at radius 2 is 2.30 bits per heavy atom. The number of piperazine rings is 1. The van der Waals surface area contributed by atoms with Gasteiger partial charge in [-0.3, -0.25) is 9.69 Å². The Bertz CT molecular complexity index is 647. The van der Waals surface area contributed by atoms with Gasteiger partial charge in [0, 0.05) is 35.6 Å². The number of amides is 1. The van der Waals surface area contributed by atoms with E-state index in [1.54, 1.807) is 11.3 Å². The van der Waals surface area contributed by atoms with Gasteiger partial charge in [-0.25, -0.2) is 0 Å². The van der Waals surface area contributed by atoms with E-state index < -0.39 is 0 Å². The van der Waals surface area contributed by atoms with Crippen molar-refractivity contribution in [2.24, 2.45) is 0 Å². The van der Waals surface area contributed by atoms with Crippen LogP contribution >= 0.6 is 22.9 Å². The smallest absolute Gasteiger partial charge is 0.234 e. The highest BCUT2D eigenvalue weighted by atomic mass is 35.5. The fourth-order valence-corrected chi connectivity index (χ4v) is 3.66. The Balaban J connectivity index is 1.61. The molecule has 1 aliphatic rings. The molecule has 0 saturated carbocycles. The number of benzene rings is 1. The summed E-state index contributed by atoms with van der Waals surface area (Å²) in [6, 6.07) is 12.1. The van der Waals surface area contributed by atoms with E-state index in [0.717, 1.165) is 30.2 Å². The molecule has 0 bridgehead atoms. The summed E-state index contributed by atoms with van der Waals surface area (Å²) in [5, 5.41) is 9.15. The van der Waals surface area contributed by atoms with Gasteiger partial charge in [0.15, 0.2) is 0 Å². The second kappa shape index (κ2) is 7.93. The van der Waals surface area contributed by atoms with Crippen LogP contribution in [0.1, 0.15) is 16.5 Å². The minimum absolute atomic E-state index is 0.0623. The molecule has 1 amide bonds. The standard InChI is InChI=1S/C17H20ClN3OS/c18-14-4-1-3-13(9-14)16-11-19-6-7-21(16)12-17(22)20-10-15-5-2-8-23-15/h1-5,8-9,16,19H,6-7,10-12H2,(H,20,22). The second-order valence-electron chi connectivity index (χ2n) is 5.60. The van der Waals surface area contributed by atoms with E-state index in [1.165, 1.54) is 4.88 Å². The van der Waals surface area contributed by atoms with Crippen LogP contribution in [0, 0.1) is 0 Å². The van der Waals surface area contributed by atoms with E-state index in [1.807, 2.05) is 35.7 Å². The maximum absolute atomic E-state index is 12.3. The summed E-state index contributed by atoms with van der Waals surface area (Å²) in [6.07, 6.45) is 0. The van der Waals surface area contributed by atoms with E-state index in [0.29, 0.717) is 13.1 Å². The number of nitrogens with one attached hydrogen (secondary N) is 2. The molecule has 6 heteroatoms. The lowest BCUT2D eigenvalue weighted by atomic mass is 10.0. The SMILES string of the molecule is O=C(CN1CCNCC1c1cccc(Cl)c1)NCc1cccs1. The highest BCUT2D eigenvalue weighted by molar-refractivity contribution is 7.09. The molecular weight excluding hydrogens is 330 g/mol. The molecule has 2 heterocycles. The number of rotatable bonds is 5. The van der Waals surface area contributed by atoms with E-state index in [2.05, 4.69) is 21.6 Å². The average molecular weight is 350 g/mol. The fraction of sp³-hybridized carbons (Fsp3) is 0.353. The van der Waals surface area contributed by atoms with Gasteiger partial charge in [0.1, 0.15) is 0 Å². The van der Waals surface area contributed by atoms with Gasteiger partial charge in [-0.15, -0.1) is 11.3 Å². The fourth-order valence-electron chi connectivity index (χ4n) is 2.82. The Kier molecular flexibility index (Phi) is 5.67. The van der Waals surface area contributed by atoms with Crippen LogP contribution in [0.15, 0.2) is 41.8 Å². The van der Waals surface area contributed by atoms with Crippen LogP contribution in [0.3, 0.4) is 0 Å². The van der Waals surface area contributed by atoms with Crippen LogP contribution in [0.5, 0.6) is 0 Å². The molecule has 1 aromatic carbocycles. The molecular formula is C17H20ClN3OS. The Labute approximate surface area is 145 Å². The molecule has 0 aliphatic carbocycles. The summed E-state index contributed by atoms with van der Waals surface area (Å²) >= 11 is 7.76. The van der Waals surface area contributed by atoms with Crippen molar-refractivity contribution in [2.45, 2.75) is 12.6 Å². The third-order valence-electron chi connectivity index (χ3n) is 3.97. The Morgan fingerprint density at radius 1 is 1.39 bits per heavy atom. The quantitative estimate of drug-likeness (QED) is 0.872. The van der Waals surface area contributed by atoms with Gasteiger partial charge >= 0.3 is 0 Å². The van der Waals surface area contributed by atoms with Crippen LogP contribution in [0.2, 0.25) is 5.02 Å². The third-order valence-corrected chi connectivity index (χ3v) is 5.09. The normalized spacial score (nSPS) is 18.7. The number of thiophene rings is 1. The summed E-state index contributed by atoms with van der Waals surface area (Å²) in [4.78, 5) is 15.6. The predicted octanol–water partition coefficient (Wildman–Crippen LogP) is 2.66. The summed E-state index contributed by atoms with van der Waals surface area (Å²) < 4.78 is 0. The number of carbonyl (C=O) groups excluding carboxylic acids is 1. The molecule has 1 fully saturated rings. The lowest BCUT2D eigenvalue weighted by Gasteiger charge is -2.36. The van der Waals surface area contributed by atoms with Crippen molar-refractivity contribution >= 4 is 28.8 Å². The molecule has 1 saturated heterocycles. The van der Waals surface area contributed by atoms with Crippen molar-refractivity contribution in [3.05, 3.63) is 57.2 Å². The topological polar surface area (TPSA) is 44.4 Å². The zero-order valence-electron chi connectivity index (χ0n) is 12.8. The van der Waals surface area contributed by atoms with Crippen LogP contribution < -0.4 is 10.6 Å². The molecule has 1 unspecified atom stereocenters. The van der Waals surface area contributed by atoms with Crippen molar-refractivity contribution in [3.8, 4) is 0 Å². The molecule has 0 radical (unpaired) electrons. The molecule has 4 nitrogen and oxygen atoms in total. The van der Waals surface area contributed by atoms with Gasteiger partial charge in [-0.2, -0.15) is 0 Å². The summed E-state index contributed by atoms with van der Waals surface area (Å²) in [5.74, 6) is 0.0623. The highest BCUT2D eigenvalue weighted by Crippen LogP contribution is 2.24. The molecule has 23 heavy (non-hydrogen) atoms. The number of hydrogen-bond acceptors (Lipinski definition) is 4. The van der Waals surface area contributed by atoms with Crippen LogP contribution in [-0.2, 0) is 11.3 Å². The Hall–Kier alpha value is -1.40. The zero-order valence-corrected chi connectivity index (χ0v) is 14.4. The van der Waals surface area contributed by atoms with E-state index >= 15 is 0 Å². The van der Waals surface area contributed by atoms with Gasteiger partial charge in [0.2, 0.25) is 5.91 Å². The number of nitrogens with zero attached hydrogens (tertiary/aromatic N) is 1. The van der Waals surface area contributed by atoms with E-state index in [9.17, 15) is 4.79 Å². The van der Waals surface area contributed by atoms with Gasteiger partial charge in [0.25, 0.3) is 0 Å². The number of halogens is 1. The lowest BCUT2D eigenvalue weighted by molar-refractivity contribution is -0.123. The van der Waals surface area contributed by atoms with Crippen molar-refractivity contribution in [1.29, 1.82) is 0 Å². The Morgan fingerprint density at radius 3 is 3.09 bits per heavy atom. The van der Waals surface area contributed by atoms with E-state index in [4.69, 9.17) is 11.6 Å². The van der Waals surface area contributed by atoms with E-state index in [-0.39, 0.29) is 11.9 Å². The number of carbonyl (C=O) groups is 1. The molecule has 0 spiro atoms. The minimum atomic E-state index is 0.0623. The first-order chi connectivity index (χ1) is 11.2. The molecule has 122 valence electrons. The summed E-state index contributed by atoms with van der Waals surface area (Å²) in [7, 11) is 0. The minimum Gasteiger partial charge on any atom is -0.350 e. The van der Waals surface area contributed by atoms with Crippen molar-refractivity contribution in [2.75, 3.05) is 26.2 Å². The summed E-state index contributed by atoms with van der Waals surface area (Å²) in [5.41, 5.74) is 1.15. The van der Waals surface area contributed by atoms with Crippen molar-refractivity contribution in [1.82, 2.24) is 15.5 Å². The van der Waals surface area contributed by atoms with Gasteiger partial charge < -0.3 is 10.6 Å². The first-order valence-electron chi connectivity index (χ1n) is 7.71. The molecule has 3 rings (SSSR count).